The van der Waals surface area contributed by atoms with Crippen molar-refractivity contribution in [1.29, 1.82) is 0 Å². The van der Waals surface area contributed by atoms with Crippen molar-refractivity contribution >= 4 is 11.9 Å². The molecule has 1 aromatic carbocycles. The standard InChI is InChI=1S/C13H15NO5/c15-12(14-7-9-8-18-5-6-19-9)10-3-1-2-4-11(10)13(16)17/h1-4,9H,5-8H2,(H,14,15)(H,16,17). The molecule has 1 unspecified atom stereocenters. The average Bonchev–Trinajstić information content (AvgIpc) is 2.46. The minimum Gasteiger partial charge on any atom is -0.478 e. The molecule has 0 saturated carbocycles. The number of nitrogens with one attached hydrogen (secondary N) is 1. The lowest BCUT2D eigenvalue weighted by Crippen LogP contribution is -2.40. The van der Waals surface area contributed by atoms with E-state index in [4.69, 9.17) is 14.6 Å². The molecule has 1 amide bonds. The van der Waals surface area contributed by atoms with E-state index < -0.39 is 11.9 Å². The molecule has 1 aliphatic heterocycles. The van der Waals surface area contributed by atoms with Crippen LogP contribution in [0.2, 0.25) is 0 Å². The molecule has 0 bridgehead atoms. The normalized spacial score (nSPS) is 18.8. The van der Waals surface area contributed by atoms with Crippen LogP contribution in [0.4, 0.5) is 0 Å². The maximum absolute atomic E-state index is 11.9. The zero-order valence-electron chi connectivity index (χ0n) is 10.3. The predicted molar refractivity (Wildman–Crippen MR) is 66.3 cm³/mol. The van der Waals surface area contributed by atoms with E-state index in [0.717, 1.165) is 0 Å². The van der Waals surface area contributed by atoms with Crippen LogP contribution in [0.5, 0.6) is 0 Å². The Labute approximate surface area is 110 Å². The summed E-state index contributed by atoms with van der Waals surface area (Å²) in [6.07, 6.45) is -0.185. The number of carbonyl (C=O) groups is 2. The molecule has 0 spiro atoms. The van der Waals surface area contributed by atoms with Gasteiger partial charge in [-0.25, -0.2) is 4.79 Å². The Morgan fingerprint density at radius 3 is 2.63 bits per heavy atom. The van der Waals surface area contributed by atoms with Gasteiger partial charge in [-0.1, -0.05) is 12.1 Å². The van der Waals surface area contributed by atoms with Crippen LogP contribution in [0.25, 0.3) is 0 Å². The van der Waals surface area contributed by atoms with Gasteiger partial charge in [0.05, 0.1) is 37.1 Å². The Bertz CT molecular complexity index is 468. The molecule has 1 atom stereocenters. The van der Waals surface area contributed by atoms with Gasteiger partial charge >= 0.3 is 5.97 Å². The number of carboxylic acid groups (broad SMARTS) is 1. The maximum Gasteiger partial charge on any atom is 0.336 e. The second kappa shape index (κ2) is 6.31. The van der Waals surface area contributed by atoms with Crippen molar-refractivity contribution in [2.45, 2.75) is 6.10 Å². The number of hydrogen-bond donors (Lipinski definition) is 2. The number of amides is 1. The molecule has 2 rings (SSSR count). The van der Waals surface area contributed by atoms with Crippen LogP contribution in [0, 0.1) is 0 Å². The van der Waals surface area contributed by atoms with Gasteiger partial charge in [0.1, 0.15) is 0 Å². The van der Waals surface area contributed by atoms with Gasteiger partial charge in [-0.3, -0.25) is 4.79 Å². The third kappa shape index (κ3) is 3.52. The molecule has 102 valence electrons. The van der Waals surface area contributed by atoms with Crippen LogP contribution in [0.1, 0.15) is 20.7 Å². The number of benzene rings is 1. The lowest BCUT2D eigenvalue weighted by Gasteiger charge is -2.23. The van der Waals surface area contributed by atoms with E-state index >= 15 is 0 Å². The van der Waals surface area contributed by atoms with E-state index in [-0.39, 0.29) is 17.2 Å². The summed E-state index contributed by atoms with van der Waals surface area (Å²) in [5.74, 6) is -1.55. The summed E-state index contributed by atoms with van der Waals surface area (Å²) in [5, 5.41) is 11.7. The molecule has 1 aromatic rings. The first-order valence-corrected chi connectivity index (χ1v) is 5.98. The zero-order valence-corrected chi connectivity index (χ0v) is 10.3. The minimum absolute atomic E-state index is 0.0131. The summed E-state index contributed by atoms with van der Waals surface area (Å²) < 4.78 is 10.6. The highest BCUT2D eigenvalue weighted by Gasteiger charge is 2.18. The number of carbonyl (C=O) groups excluding carboxylic acids is 1. The van der Waals surface area contributed by atoms with E-state index in [1.807, 2.05) is 0 Å². The van der Waals surface area contributed by atoms with Gasteiger partial charge in [0.15, 0.2) is 0 Å². The Balaban J connectivity index is 1.97. The quantitative estimate of drug-likeness (QED) is 0.829. The number of carboxylic acids is 1. The van der Waals surface area contributed by atoms with Gasteiger partial charge in [-0.15, -0.1) is 0 Å². The number of aromatic carboxylic acids is 1. The highest BCUT2D eigenvalue weighted by Crippen LogP contribution is 2.09. The van der Waals surface area contributed by atoms with Crippen LogP contribution >= 0.6 is 0 Å². The maximum atomic E-state index is 11.9. The fourth-order valence-electron chi connectivity index (χ4n) is 1.82. The molecule has 6 heteroatoms. The molecule has 0 aliphatic carbocycles. The summed E-state index contributed by atoms with van der Waals surface area (Å²) >= 11 is 0. The molecule has 1 saturated heterocycles. The molecular formula is C13H15NO5. The molecule has 0 aromatic heterocycles. The zero-order chi connectivity index (χ0) is 13.7. The lowest BCUT2D eigenvalue weighted by atomic mass is 10.1. The third-order valence-electron chi connectivity index (χ3n) is 2.78. The van der Waals surface area contributed by atoms with Crippen LogP contribution < -0.4 is 5.32 Å². The van der Waals surface area contributed by atoms with E-state index in [0.29, 0.717) is 26.4 Å². The second-order valence-corrected chi connectivity index (χ2v) is 4.13. The summed E-state index contributed by atoms with van der Waals surface area (Å²) in [7, 11) is 0. The summed E-state index contributed by atoms with van der Waals surface area (Å²) in [4.78, 5) is 22.9. The van der Waals surface area contributed by atoms with E-state index in [1.165, 1.54) is 12.1 Å². The molecule has 2 N–H and O–H groups in total. The summed E-state index contributed by atoms with van der Waals surface area (Å²) in [5.41, 5.74) is 0.132. The Kier molecular flexibility index (Phi) is 4.48. The summed E-state index contributed by atoms with van der Waals surface area (Å²) in [6.45, 7) is 1.80. The Hall–Kier alpha value is -1.92. The fourth-order valence-corrected chi connectivity index (χ4v) is 1.82. The largest absolute Gasteiger partial charge is 0.478 e. The van der Waals surface area contributed by atoms with Crippen LogP contribution in [-0.4, -0.2) is 49.5 Å². The van der Waals surface area contributed by atoms with Crippen molar-refractivity contribution in [3.8, 4) is 0 Å². The lowest BCUT2D eigenvalue weighted by molar-refractivity contribution is -0.0855. The topological polar surface area (TPSA) is 84.9 Å². The van der Waals surface area contributed by atoms with Crippen molar-refractivity contribution in [2.75, 3.05) is 26.4 Å². The highest BCUT2D eigenvalue weighted by atomic mass is 16.6. The second-order valence-electron chi connectivity index (χ2n) is 4.13. The van der Waals surface area contributed by atoms with E-state index in [1.54, 1.807) is 12.1 Å². The Morgan fingerprint density at radius 1 is 1.26 bits per heavy atom. The van der Waals surface area contributed by atoms with E-state index in [9.17, 15) is 9.59 Å². The van der Waals surface area contributed by atoms with Crippen molar-refractivity contribution in [2.24, 2.45) is 0 Å². The molecule has 1 heterocycles. The monoisotopic (exact) mass is 265 g/mol. The van der Waals surface area contributed by atoms with Gasteiger partial charge in [0.25, 0.3) is 5.91 Å². The number of hydrogen-bond acceptors (Lipinski definition) is 4. The number of rotatable bonds is 4. The smallest absolute Gasteiger partial charge is 0.336 e. The average molecular weight is 265 g/mol. The predicted octanol–water partition coefficient (Wildman–Crippen LogP) is 0.530. The molecule has 0 radical (unpaired) electrons. The SMILES string of the molecule is O=C(O)c1ccccc1C(=O)NCC1COCCO1. The van der Waals surface area contributed by atoms with Crippen LogP contribution in [0.3, 0.4) is 0 Å². The third-order valence-corrected chi connectivity index (χ3v) is 2.78. The van der Waals surface area contributed by atoms with Crippen LogP contribution in [-0.2, 0) is 9.47 Å². The first kappa shape index (κ1) is 13.5. The first-order chi connectivity index (χ1) is 9.18. The van der Waals surface area contributed by atoms with Gasteiger partial charge in [0, 0.05) is 6.54 Å². The molecule has 1 fully saturated rings. The Morgan fingerprint density at radius 2 is 2.00 bits per heavy atom. The van der Waals surface area contributed by atoms with E-state index in [2.05, 4.69) is 5.32 Å². The van der Waals surface area contributed by atoms with Crippen LogP contribution in [0.15, 0.2) is 24.3 Å². The number of ether oxygens (including phenoxy) is 2. The molecular weight excluding hydrogens is 250 g/mol. The van der Waals surface area contributed by atoms with Crippen molar-refractivity contribution in [3.05, 3.63) is 35.4 Å². The van der Waals surface area contributed by atoms with Crippen molar-refractivity contribution < 1.29 is 24.2 Å². The molecule has 1 aliphatic rings. The first-order valence-electron chi connectivity index (χ1n) is 5.98. The minimum atomic E-state index is -1.12. The van der Waals surface area contributed by atoms with Gasteiger partial charge in [0.2, 0.25) is 0 Å². The molecule has 6 nitrogen and oxygen atoms in total. The molecule has 19 heavy (non-hydrogen) atoms. The van der Waals surface area contributed by atoms with Gasteiger partial charge in [-0.05, 0) is 12.1 Å². The van der Waals surface area contributed by atoms with Gasteiger partial charge < -0.3 is 19.9 Å². The summed E-state index contributed by atoms with van der Waals surface area (Å²) in [6, 6.07) is 6.09. The fraction of sp³-hybridized carbons (Fsp3) is 0.385. The highest BCUT2D eigenvalue weighted by molar-refractivity contribution is 6.04. The van der Waals surface area contributed by atoms with Crippen molar-refractivity contribution in [3.63, 3.8) is 0 Å². The van der Waals surface area contributed by atoms with Gasteiger partial charge in [-0.2, -0.15) is 0 Å². The van der Waals surface area contributed by atoms with Crippen molar-refractivity contribution in [1.82, 2.24) is 5.32 Å².